The van der Waals surface area contributed by atoms with Crippen LogP contribution in [0.1, 0.15) is 0 Å². The molecule has 0 radical (unpaired) electrons. The van der Waals surface area contributed by atoms with E-state index in [1.165, 1.54) is 18.2 Å². The average molecular weight is 274 g/mol. The van der Waals surface area contributed by atoms with Gasteiger partial charge in [-0.3, -0.25) is 10.1 Å². The minimum atomic E-state index is -0.526. The number of benzene rings is 1. The highest BCUT2D eigenvalue weighted by atomic mass is 16.6. The van der Waals surface area contributed by atoms with Crippen LogP contribution in [0, 0.1) is 10.1 Å². The van der Waals surface area contributed by atoms with Crippen molar-refractivity contribution < 1.29 is 14.7 Å². The van der Waals surface area contributed by atoms with Crippen LogP contribution in [-0.2, 0) is 0 Å². The summed E-state index contributed by atoms with van der Waals surface area (Å²) in [6.45, 7) is 0. The number of rotatable bonds is 3. The number of nitro benzene ring substituents is 1. The van der Waals surface area contributed by atoms with Crippen molar-refractivity contribution in [1.82, 2.24) is 20.3 Å². The van der Waals surface area contributed by atoms with Crippen LogP contribution in [0.2, 0.25) is 0 Å². The Balaban J connectivity index is 1.98. The number of hydrogen-bond donors (Lipinski definition) is 2. The lowest BCUT2D eigenvalue weighted by molar-refractivity contribution is -0.384. The van der Waals surface area contributed by atoms with E-state index in [0.717, 1.165) is 0 Å². The van der Waals surface area contributed by atoms with Crippen LogP contribution in [0.25, 0.3) is 11.3 Å². The number of nitrogens with one attached hydrogen (secondary N) is 1. The number of aromatic nitrogens is 4. The maximum Gasteiger partial charge on any atom is 0.271 e. The molecule has 2 aromatic heterocycles. The molecule has 2 heterocycles. The van der Waals surface area contributed by atoms with Crippen LogP contribution in [0.5, 0.6) is 5.88 Å². The standard InChI is InChI=1S/C10H6N6O4/c17-10-9(12-7-8(13-10)15-20-14-7)11-5-2-1-3-6(4-5)16(18)19/h1-4H,(H,11,12,14)(H,13,15,17). The Kier molecular flexibility index (Phi) is 2.60. The smallest absolute Gasteiger partial charge is 0.271 e. The molecular formula is C10H6N6O4. The van der Waals surface area contributed by atoms with E-state index in [-0.39, 0.29) is 22.8 Å². The minimum absolute atomic E-state index is 0.00584. The van der Waals surface area contributed by atoms with Crippen molar-refractivity contribution in [3.8, 4) is 5.88 Å². The van der Waals surface area contributed by atoms with E-state index < -0.39 is 10.8 Å². The van der Waals surface area contributed by atoms with Gasteiger partial charge >= 0.3 is 0 Å². The van der Waals surface area contributed by atoms with Gasteiger partial charge in [-0.25, -0.2) is 4.63 Å². The van der Waals surface area contributed by atoms with Crippen molar-refractivity contribution in [2.45, 2.75) is 0 Å². The van der Waals surface area contributed by atoms with Crippen LogP contribution in [0.4, 0.5) is 17.2 Å². The van der Waals surface area contributed by atoms with Gasteiger partial charge in [0.05, 0.1) is 4.92 Å². The van der Waals surface area contributed by atoms with Gasteiger partial charge in [0.25, 0.3) is 11.6 Å². The molecule has 10 heteroatoms. The first kappa shape index (κ1) is 11.8. The van der Waals surface area contributed by atoms with Gasteiger partial charge < -0.3 is 10.4 Å². The molecule has 0 spiro atoms. The number of nitro groups is 1. The summed E-state index contributed by atoms with van der Waals surface area (Å²) < 4.78 is 4.42. The van der Waals surface area contributed by atoms with E-state index in [4.69, 9.17) is 0 Å². The minimum Gasteiger partial charge on any atom is -0.491 e. The summed E-state index contributed by atoms with van der Waals surface area (Å²) in [5, 5.41) is 30.0. The van der Waals surface area contributed by atoms with Crippen LogP contribution < -0.4 is 5.32 Å². The number of fused-ring (bicyclic) bond motifs is 1. The normalized spacial score (nSPS) is 10.6. The maximum absolute atomic E-state index is 10.7. The second-order valence-electron chi connectivity index (χ2n) is 3.74. The molecular weight excluding hydrogens is 268 g/mol. The van der Waals surface area contributed by atoms with Gasteiger partial charge in [0, 0.05) is 17.8 Å². The van der Waals surface area contributed by atoms with Gasteiger partial charge in [0.2, 0.25) is 11.3 Å². The van der Waals surface area contributed by atoms with Crippen LogP contribution in [-0.4, -0.2) is 30.3 Å². The molecule has 2 N–H and O–H groups in total. The number of hydrogen-bond acceptors (Lipinski definition) is 9. The van der Waals surface area contributed by atoms with Gasteiger partial charge in [-0.1, -0.05) is 6.07 Å². The Morgan fingerprint density at radius 1 is 1.25 bits per heavy atom. The van der Waals surface area contributed by atoms with Gasteiger partial charge in [-0.15, -0.1) is 0 Å². The Labute approximate surface area is 110 Å². The van der Waals surface area contributed by atoms with Crippen LogP contribution >= 0.6 is 0 Å². The molecule has 100 valence electrons. The van der Waals surface area contributed by atoms with Gasteiger partial charge in [-0.2, -0.15) is 9.97 Å². The maximum atomic E-state index is 10.7. The van der Waals surface area contributed by atoms with Crippen LogP contribution in [0.3, 0.4) is 0 Å². The zero-order valence-electron chi connectivity index (χ0n) is 9.72. The quantitative estimate of drug-likeness (QED) is 0.534. The summed E-state index contributed by atoms with van der Waals surface area (Å²) in [6, 6.07) is 5.73. The Morgan fingerprint density at radius 3 is 2.75 bits per heavy atom. The number of nitrogens with zero attached hydrogens (tertiary/aromatic N) is 5. The fourth-order valence-corrected chi connectivity index (χ4v) is 1.55. The highest BCUT2D eigenvalue weighted by Gasteiger charge is 2.13. The molecule has 0 aliphatic carbocycles. The fraction of sp³-hybridized carbons (Fsp3) is 0. The molecule has 3 aromatic rings. The summed E-state index contributed by atoms with van der Waals surface area (Å²) in [5.74, 6) is -0.423. The molecule has 0 bridgehead atoms. The van der Waals surface area contributed by atoms with Crippen molar-refractivity contribution in [3.63, 3.8) is 0 Å². The second-order valence-corrected chi connectivity index (χ2v) is 3.74. The lowest BCUT2D eigenvalue weighted by Crippen LogP contribution is -1.97. The van der Waals surface area contributed by atoms with Crippen molar-refractivity contribution in [2.75, 3.05) is 5.32 Å². The SMILES string of the molecule is O=[N+]([O-])c1cccc(Nc2nc3nonc3nc2O)c1. The largest absolute Gasteiger partial charge is 0.491 e. The molecule has 20 heavy (non-hydrogen) atoms. The van der Waals surface area contributed by atoms with Crippen molar-refractivity contribution in [3.05, 3.63) is 34.4 Å². The third kappa shape index (κ3) is 2.05. The highest BCUT2D eigenvalue weighted by molar-refractivity contribution is 5.71. The third-order valence-corrected chi connectivity index (χ3v) is 2.42. The van der Waals surface area contributed by atoms with Gasteiger partial charge in [0.15, 0.2) is 5.82 Å². The number of anilines is 2. The predicted octanol–water partition coefficient (Wildman–Crippen LogP) is 1.37. The molecule has 0 saturated heterocycles. The Hall–Kier alpha value is -3.30. The zero-order valence-corrected chi connectivity index (χ0v) is 9.72. The molecule has 0 aliphatic heterocycles. The summed E-state index contributed by atoms with van der Waals surface area (Å²) in [6.07, 6.45) is 0. The number of non-ortho nitro benzene ring substituents is 1. The molecule has 0 amide bonds. The first-order valence-electron chi connectivity index (χ1n) is 5.34. The molecule has 0 saturated carbocycles. The first-order valence-corrected chi connectivity index (χ1v) is 5.34. The molecule has 1 aromatic carbocycles. The highest BCUT2D eigenvalue weighted by Crippen LogP contribution is 2.26. The van der Waals surface area contributed by atoms with Crippen LogP contribution in [0.15, 0.2) is 28.9 Å². The van der Waals surface area contributed by atoms with Crippen molar-refractivity contribution >= 4 is 28.5 Å². The third-order valence-electron chi connectivity index (χ3n) is 2.42. The monoisotopic (exact) mass is 274 g/mol. The van der Waals surface area contributed by atoms with E-state index in [2.05, 4.69) is 30.2 Å². The molecule has 3 rings (SSSR count). The van der Waals surface area contributed by atoms with Gasteiger partial charge in [0.1, 0.15) is 0 Å². The van der Waals surface area contributed by atoms with Crippen molar-refractivity contribution in [2.24, 2.45) is 0 Å². The second kappa shape index (κ2) is 4.42. The lowest BCUT2D eigenvalue weighted by atomic mass is 10.3. The molecule has 0 unspecified atom stereocenters. The first-order chi connectivity index (χ1) is 9.63. The summed E-state index contributed by atoms with van der Waals surface area (Å²) in [5.41, 5.74) is 0.453. The van der Waals surface area contributed by atoms with E-state index in [1.807, 2.05) is 0 Å². The summed E-state index contributed by atoms with van der Waals surface area (Å²) in [4.78, 5) is 17.8. The average Bonchev–Trinajstić information content (AvgIpc) is 2.86. The number of aromatic hydroxyl groups is 1. The van der Waals surface area contributed by atoms with E-state index in [9.17, 15) is 15.2 Å². The summed E-state index contributed by atoms with van der Waals surface area (Å²) in [7, 11) is 0. The topological polar surface area (TPSA) is 140 Å². The molecule has 10 nitrogen and oxygen atoms in total. The van der Waals surface area contributed by atoms with E-state index in [1.54, 1.807) is 6.07 Å². The van der Waals surface area contributed by atoms with E-state index in [0.29, 0.717) is 5.69 Å². The Morgan fingerprint density at radius 2 is 2.00 bits per heavy atom. The molecule has 0 fully saturated rings. The lowest BCUT2D eigenvalue weighted by Gasteiger charge is -2.05. The van der Waals surface area contributed by atoms with E-state index >= 15 is 0 Å². The molecule has 0 aliphatic rings. The molecule has 0 atom stereocenters. The van der Waals surface area contributed by atoms with Crippen molar-refractivity contribution in [1.29, 1.82) is 0 Å². The Bertz CT molecular complexity index is 801. The predicted molar refractivity (Wildman–Crippen MR) is 65.4 cm³/mol. The summed E-state index contributed by atoms with van der Waals surface area (Å²) >= 11 is 0. The zero-order chi connectivity index (χ0) is 14.1. The van der Waals surface area contributed by atoms with Gasteiger partial charge in [-0.05, 0) is 16.4 Å². The fourth-order valence-electron chi connectivity index (χ4n) is 1.55.